The molecular weight excluding hydrogens is 234 g/mol. The van der Waals surface area contributed by atoms with Gasteiger partial charge in [0.1, 0.15) is 0 Å². The van der Waals surface area contributed by atoms with Crippen molar-refractivity contribution in [1.82, 2.24) is 5.32 Å². The highest BCUT2D eigenvalue weighted by Crippen LogP contribution is 2.26. The molecule has 5 heteroatoms. The minimum Gasteiger partial charge on any atom is -0.481 e. The fourth-order valence-corrected chi connectivity index (χ4v) is 2.28. The van der Waals surface area contributed by atoms with Crippen LogP contribution in [0.2, 0.25) is 0 Å². The summed E-state index contributed by atoms with van der Waals surface area (Å²) < 4.78 is 5.34. The second kappa shape index (κ2) is 6.18. The van der Waals surface area contributed by atoms with Gasteiger partial charge in [0.2, 0.25) is 5.91 Å². The predicted octanol–water partition coefficient (Wildman–Crippen LogP) is 1.42. The Hall–Kier alpha value is -1.10. The summed E-state index contributed by atoms with van der Waals surface area (Å²) in [4.78, 5) is 23.2. The van der Waals surface area contributed by atoms with Gasteiger partial charge in [0.05, 0.1) is 24.0 Å². The van der Waals surface area contributed by atoms with E-state index in [-0.39, 0.29) is 24.5 Å². The number of carbonyl (C=O) groups excluding carboxylic acids is 1. The van der Waals surface area contributed by atoms with Crippen LogP contribution in [0.25, 0.3) is 0 Å². The van der Waals surface area contributed by atoms with E-state index in [2.05, 4.69) is 5.32 Å². The average Bonchev–Trinajstić information content (AvgIpc) is 2.77. The summed E-state index contributed by atoms with van der Waals surface area (Å²) in [6.45, 7) is 6.24. The van der Waals surface area contributed by atoms with Crippen LogP contribution >= 0.6 is 0 Å². The summed E-state index contributed by atoms with van der Waals surface area (Å²) in [7, 11) is 0. The summed E-state index contributed by atoms with van der Waals surface area (Å²) in [5.41, 5.74) is -0.846. The van der Waals surface area contributed by atoms with Crippen molar-refractivity contribution in [2.24, 2.45) is 11.3 Å². The van der Waals surface area contributed by atoms with Crippen molar-refractivity contribution in [1.29, 1.82) is 0 Å². The van der Waals surface area contributed by atoms with Crippen molar-refractivity contribution in [3.05, 3.63) is 0 Å². The summed E-state index contributed by atoms with van der Waals surface area (Å²) in [5, 5.41) is 12.0. The Balaban J connectivity index is 2.52. The number of hydrogen-bond donors (Lipinski definition) is 2. The van der Waals surface area contributed by atoms with E-state index < -0.39 is 11.4 Å². The van der Waals surface area contributed by atoms with Gasteiger partial charge < -0.3 is 15.2 Å². The molecule has 2 atom stereocenters. The van der Waals surface area contributed by atoms with Gasteiger partial charge in [-0.05, 0) is 26.2 Å². The summed E-state index contributed by atoms with van der Waals surface area (Å²) in [6.07, 6.45) is 1.85. The monoisotopic (exact) mass is 257 g/mol. The molecule has 0 saturated carbocycles. The number of carboxylic acid groups (broad SMARTS) is 1. The molecule has 2 N–H and O–H groups in total. The van der Waals surface area contributed by atoms with Gasteiger partial charge in [0.15, 0.2) is 0 Å². The highest BCUT2D eigenvalue weighted by Gasteiger charge is 2.36. The molecule has 1 aliphatic rings. The zero-order chi connectivity index (χ0) is 13.8. The fraction of sp³-hybridized carbons (Fsp3) is 0.846. The van der Waals surface area contributed by atoms with Crippen LogP contribution in [0.4, 0.5) is 0 Å². The molecule has 2 unspecified atom stereocenters. The maximum absolute atomic E-state index is 11.9. The van der Waals surface area contributed by atoms with E-state index in [0.29, 0.717) is 25.9 Å². The van der Waals surface area contributed by atoms with Crippen molar-refractivity contribution in [2.75, 3.05) is 13.2 Å². The Morgan fingerprint density at radius 1 is 1.39 bits per heavy atom. The third-order valence-electron chi connectivity index (χ3n) is 3.98. The molecule has 0 aromatic rings. The first-order valence-electron chi connectivity index (χ1n) is 6.58. The van der Waals surface area contributed by atoms with Gasteiger partial charge in [0.25, 0.3) is 0 Å². The summed E-state index contributed by atoms with van der Waals surface area (Å²) >= 11 is 0. The van der Waals surface area contributed by atoms with Crippen LogP contribution in [-0.2, 0) is 14.3 Å². The molecule has 1 aliphatic heterocycles. The van der Waals surface area contributed by atoms with Gasteiger partial charge in [-0.2, -0.15) is 0 Å². The number of amides is 1. The van der Waals surface area contributed by atoms with E-state index in [1.807, 2.05) is 20.8 Å². The summed E-state index contributed by atoms with van der Waals surface area (Å²) in [5.74, 6) is -1.07. The van der Waals surface area contributed by atoms with Gasteiger partial charge in [0, 0.05) is 6.54 Å². The SMILES string of the molecule is CCC(CC)(CNC(=O)C1COC(C)C1)C(=O)O. The predicted molar refractivity (Wildman–Crippen MR) is 67.2 cm³/mol. The van der Waals surface area contributed by atoms with Crippen LogP contribution in [-0.4, -0.2) is 36.2 Å². The number of ether oxygens (including phenoxy) is 1. The molecule has 0 radical (unpaired) electrons. The van der Waals surface area contributed by atoms with Crippen molar-refractivity contribution in [2.45, 2.75) is 46.1 Å². The molecule has 0 spiro atoms. The fourth-order valence-electron chi connectivity index (χ4n) is 2.28. The lowest BCUT2D eigenvalue weighted by Crippen LogP contribution is -2.44. The normalized spacial score (nSPS) is 23.9. The van der Waals surface area contributed by atoms with Crippen molar-refractivity contribution < 1.29 is 19.4 Å². The maximum atomic E-state index is 11.9. The van der Waals surface area contributed by atoms with Crippen molar-refractivity contribution in [3.63, 3.8) is 0 Å². The molecule has 0 aromatic carbocycles. The molecule has 5 nitrogen and oxygen atoms in total. The van der Waals surface area contributed by atoms with E-state index in [1.165, 1.54) is 0 Å². The lowest BCUT2D eigenvalue weighted by atomic mass is 9.82. The number of nitrogens with one attached hydrogen (secondary N) is 1. The molecule has 0 bridgehead atoms. The lowest BCUT2D eigenvalue weighted by Gasteiger charge is -2.27. The number of rotatable bonds is 6. The molecular formula is C13H23NO4. The van der Waals surface area contributed by atoms with Crippen molar-refractivity contribution in [3.8, 4) is 0 Å². The van der Waals surface area contributed by atoms with Gasteiger partial charge in [-0.15, -0.1) is 0 Å². The Kier molecular flexibility index (Phi) is 5.14. The second-order valence-corrected chi connectivity index (χ2v) is 5.09. The Labute approximate surface area is 108 Å². The second-order valence-electron chi connectivity index (χ2n) is 5.09. The molecule has 1 amide bonds. The number of hydrogen-bond acceptors (Lipinski definition) is 3. The lowest BCUT2D eigenvalue weighted by molar-refractivity contribution is -0.149. The molecule has 1 rings (SSSR count). The number of carbonyl (C=O) groups is 2. The van der Waals surface area contributed by atoms with E-state index in [1.54, 1.807) is 0 Å². The zero-order valence-electron chi connectivity index (χ0n) is 11.4. The molecule has 1 saturated heterocycles. The van der Waals surface area contributed by atoms with Gasteiger partial charge >= 0.3 is 5.97 Å². The van der Waals surface area contributed by atoms with Crippen LogP contribution in [0.15, 0.2) is 0 Å². The van der Waals surface area contributed by atoms with Crippen molar-refractivity contribution >= 4 is 11.9 Å². The van der Waals surface area contributed by atoms with Crippen LogP contribution < -0.4 is 5.32 Å². The first-order chi connectivity index (χ1) is 8.45. The largest absolute Gasteiger partial charge is 0.481 e. The maximum Gasteiger partial charge on any atom is 0.311 e. The van der Waals surface area contributed by atoms with Gasteiger partial charge in [-0.1, -0.05) is 13.8 Å². The molecule has 0 aliphatic carbocycles. The minimum absolute atomic E-state index is 0.0909. The third-order valence-corrected chi connectivity index (χ3v) is 3.98. The standard InChI is InChI=1S/C13H23NO4/c1-4-13(5-2,12(16)17)8-14-11(15)10-6-9(3)18-7-10/h9-10H,4-8H2,1-3H3,(H,14,15)(H,16,17). The quantitative estimate of drug-likeness (QED) is 0.754. The van der Waals surface area contributed by atoms with E-state index >= 15 is 0 Å². The first-order valence-corrected chi connectivity index (χ1v) is 6.58. The molecule has 104 valence electrons. The Morgan fingerprint density at radius 2 is 2.00 bits per heavy atom. The van der Waals surface area contributed by atoms with E-state index in [9.17, 15) is 14.7 Å². The van der Waals surface area contributed by atoms with Gasteiger partial charge in [-0.3, -0.25) is 9.59 Å². The van der Waals surface area contributed by atoms with E-state index in [4.69, 9.17) is 4.74 Å². The smallest absolute Gasteiger partial charge is 0.311 e. The third kappa shape index (κ3) is 3.22. The van der Waals surface area contributed by atoms with Crippen LogP contribution in [0, 0.1) is 11.3 Å². The summed E-state index contributed by atoms with van der Waals surface area (Å²) in [6, 6.07) is 0. The highest BCUT2D eigenvalue weighted by molar-refractivity contribution is 5.81. The minimum atomic E-state index is -0.846. The average molecular weight is 257 g/mol. The molecule has 0 aromatic heterocycles. The Bertz CT molecular complexity index is 312. The number of carboxylic acids is 1. The molecule has 1 fully saturated rings. The van der Waals surface area contributed by atoms with Crippen LogP contribution in [0.5, 0.6) is 0 Å². The van der Waals surface area contributed by atoms with Gasteiger partial charge in [-0.25, -0.2) is 0 Å². The first kappa shape index (κ1) is 15.0. The number of aliphatic carboxylic acids is 1. The van der Waals surface area contributed by atoms with Crippen LogP contribution in [0.3, 0.4) is 0 Å². The topological polar surface area (TPSA) is 75.6 Å². The van der Waals surface area contributed by atoms with E-state index in [0.717, 1.165) is 0 Å². The molecule has 18 heavy (non-hydrogen) atoms. The molecule has 1 heterocycles. The highest BCUT2D eigenvalue weighted by atomic mass is 16.5. The Morgan fingerprint density at radius 3 is 2.39 bits per heavy atom. The van der Waals surface area contributed by atoms with Crippen LogP contribution in [0.1, 0.15) is 40.0 Å². The zero-order valence-corrected chi connectivity index (χ0v) is 11.4.